The minimum absolute atomic E-state index is 0.136. The lowest BCUT2D eigenvalue weighted by molar-refractivity contribution is 0.00169. The van der Waals surface area contributed by atoms with Crippen LogP contribution < -0.4 is 0 Å². The molecule has 1 amide bonds. The van der Waals surface area contributed by atoms with Crippen LogP contribution in [0.5, 0.6) is 0 Å². The molecule has 2 saturated heterocycles. The molecule has 1 aliphatic carbocycles. The smallest absolute Gasteiger partial charge is 0.410 e. The molecule has 1 spiro atoms. The first-order chi connectivity index (χ1) is 9.40. The van der Waals surface area contributed by atoms with Gasteiger partial charge in [0.15, 0.2) is 0 Å². The van der Waals surface area contributed by atoms with Crippen molar-refractivity contribution in [3.63, 3.8) is 0 Å². The van der Waals surface area contributed by atoms with E-state index in [2.05, 4.69) is 4.90 Å². The third-order valence-electron chi connectivity index (χ3n) is 4.98. The average molecular weight is 280 g/mol. The van der Waals surface area contributed by atoms with E-state index < -0.39 is 0 Å². The van der Waals surface area contributed by atoms with Gasteiger partial charge in [-0.2, -0.15) is 0 Å². The molecule has 4 nitrogen and oxygen atoms in total. The van der Waals surface area contributed by atoms with Gasteiger partial charge in [-0.1, -0.05) is 0 Å². The van der Waals surface area contributed by atoms with Gasteiger partial charge in [0.2, 0.25) is 0 Å². The summed E-state index contributed by atoms with van der Waals surface area (Å²) in [6, 6.07) is 0.852. The zero-order chi connectivity index (χ0) is 14.4. The van der Waals surface area contributed by atoms with Gasteiger partial charge in [0, 0.05) is 24.7 Å². The van der Waals surface area contributed by atoms with Gasteiger partial charge >= 0.3 is 6.09 Å². The number of carbonyl (C=O) groups is 1. The highest BCUT2D eigenvalue weighted by Crippen LogP contribution is 2.44. The Kier molecular flexibility index (Phi) is 3.47. The Balaban J connectivity index is 1.57. The Morgan fingerprint density at radius 2 is 1.75 bits per heavy atom. The predicted octanol–water partition coefficient (Wildman–Crippen LogP) is 3.01. The van der Waals surface area contributed by atoms with E-state index >= 15 is 0 Å². The number of nitrogens with zero attached hydrogens (tertiary/aromatic N) is 2. The molecule has 0 atom stereocenters. The average Bonchev–Trinajstić information content (AvgIpc) is 3.12. The summed E-state index contributed by atoms with van der Waals surface area (Å²) in [5.74, 6) is 0. The molecule has 1 saturated carbocycles. The Hall–Kier alpha value is -0.770. The van der Waals surface area contributed by atoms with Crippen molar-refractivity contribution in [2.45, 2.75) is 76.5 Å². The fraction of sp³-hybridized carbons (Fsp3) is 0.938. The number of amides is 1. The fourth-order valence-corrected chi connectivity index (χ4v) is 3.88. The summed E-state index contributed by atoms with van der Waals surface area (Å²) in [6.07, 6.45) is 7.55. The van der Waals surface area contributed by atoms with Crippen LogP contribution in [0.25, 0.3) is 0 Å². The molecule has 3 rings (SSSR count). The number of carbonyl (C=O) groups excluding carboxylic acids is 1. The molecule has 2 aliphatic heterocycles. The Labute approximate surface area is 122 Å². The zero-order valence-corrected chi connectivity index (χ0v) is 13.2. The fourth-order valence-electron chi connectivity index (χ4n) is 3.88. The topological polar surface area (TPSA) is 32.8 Å². The summed E-state index contributed by atoms with van der Waals surface area (Å²) in [4.78, 5) is 16.8. The number of likely N-dealkylation sites (tertiary alicyclic amines) is 2. The molecule has 0 N–H and O–H groups in total. The highest BCUT2D eigenvalue weighted by atomic mass is 16.6. The molecule has 0 unspecified atom stereocenters. The van der Waals surface area contributed by atoms with Crippen molar-refractivity contribution in [1.29, 1.82) is 0 Å². The third-order valence-corrected chi connectivity index (χ3v) is 4.98. The van der Waals surface area contributed by atoms with Crippen molar-refractivity contribution in [1.82, 2.24) is 9.80 Å². The number of hydrogen-bond donors (Lipinski definition) is 0. The second kappa shape index (κ2) is 4.90. The predicted molar refractivity (Wildman–Crippen MR) is 78.7 cm³/mol. The summed E-state index contributed by atoms with van der Waals surface area (Å²) in [5, 5.41) is 0. The van der Waals surface area contributed by atoms with Crippen molar-refractivity contribution in [3.05, 3.63) is 0 Å². The van der Waals surface area contributed by atoms with E-state index in [1.54, 1.807) is 0 Å². The van der Waals surface area contributed by atoms with Gasteiger partial charge in [-0.05, 0) is 65.8 Å². The Bertz CT molecular complexity index is 376. The molecule has 0 aromatic carbocycles. The summed E-state index contributed by atoms with van der Waals surface area (Å²) in [7, 11) is 0. The second-order valence-corrected chi connectivity index (χ2v) is 7.72. The van der Waals surface area contributed by atoms with E-state index in [0.717, 1.165) is 32.0 Å². The number of hydrogen-bond acceptors (Lipinski definition) is 3. The lowest BCUT2D eigenvalue weighted by Crippen LogP contribution is -2.54. The largest absolute Gasteiger partial charge is 0.444 e. The van der Waals surface area contributed by atoms with Crippen LogP contribution in [0, 0.1) is 0 Å². The van der Waals surface area contributed by atoms with Crippen molar-refractivity contribution >= 4 is 6.09 Å². The molecular formula is C16H28N2O2. The van der Waals surface area contributed by atoms with Crippen LogP contribution in [0.1, 0.15) is 59.3 Å². The number of rotatable bonds is 1. The first kappa shape index (κ1) is 14.2. The van der Waals surface area contributed by atoms with E-state index in [9.17, 15) is 4.79 Å². The molecule has 3 aliphatic rings. The minimum Gasteiger partial charge on any atom is -0.444 e. The van der Waals surface area contributed by atoms with E-state index in [0.29, 0.717) is 5.54 Å². The summed E-state index contributed by atoms with van der Waals surface area (Å²) in [5.41, 5.74) is 0.0132. The van der Waals surface area contributed by atoms with Crippen LogP contribution in [0.15, 0.2) is 0 Å². The van der Waals surface area contributed by atoms with Gasteiger partial charge in [0.05, 0.1) is 0 Å². The van der Waals surface area contributed by atoms with Gasteiger partial charge in [-0.25, -0.2) is 4.79 Å². The molecule has 20 heavy (non-hydrogen) atoms. The van der Waals surface area contributed by atoms with Crippen molar-refractivity contribution < 1.29 is 9.53 Å². The van der Waals surface area contributed by atoms with Crippen molar-refractivity contribution in [2.24, 2.45) is 0 Å². The third kappa shape index (κ3) is 2.80. The van der Waals surface area contributed by atoms with Gasteiger partial charge in [0.1, 0.15) is 5.60 Å². The molecule has 4 heteroatoms. The minimum atomic E-state index is -0.389. The quantitative estimate of drug-likeness (QED) is 0.740. The number of ether oxygens (including phenoxy) is 1. The second-order valence-electron chi connectivity index (χ2n) is 7.72. The van der Waals surface area contributed by atoms with Crippen molar-refractivity contribution in [2.75, 3.05) is 19.6 Å². The Morgan fingerprint density at radius 3 is 2.30 bits per heavy atom. The highest BCUT2D eigenvalue weighted by Gasteiger charge is 2.49. The zero-order valence-electron chi connectivity index (χ0n) is 13.2. The summed E-state index contributed by atoms with van der Waals surface area (Å²) < 4.78 is 5.49. The SMILES string of the molecule is CC(C)(C)OC(=O)N1CCC2(CCCN2C2CC2)CC1. The van der Waals surface area contributed by atoms with Crippen molar-refractivity contribution in [3.8, 4) is 0 Å². The van der Waals surface area contributed by atoms with Gasteiger partial charge in [-0.15, -0.1) is 0 Å². The van der Waals surface area contributed by atoms with Gasteiger partial charge in [-0.3, -0.25) is 4.90 Å². The van der Waals surface area contributed by atoms with Crippen LogP contribution in [-0.2, 0) is 4.74 Å². The van der Waals surface area contributed by atoms with Crippen LogP contribution in [-0.4, -0.2) is 52.7 Å². The maximum Gasteiger partial charge on any atom is 0.410 e. The molecule has 0 bridgehead atoms. The monoisotopic (exact) mass is 280 g/mol. The summed E-state index contributed by atoms with van der Waals surface area (Å²) in [6.45, 7) is 8.79. The lowest BCUT2D eigenvalue weighted by Gasteiger charge is -2.45. The number of piperidine rings is 1. The molecule has 2 heterocycles. The molecule has 0 aromatic heterocycles. The van der Waals surface area contributed by atoms with E-state index in [-0.39, 0.29) is 11.7 Å². The summed E-state index contributed by atoms with van der Waals surface area (Å²) >= 11 is 0. The molecule has 0 radical (unpaired) electrons. The first-order valence-corrected chi connectivity index (χ1v) is 8.14. The molecule has 114 valence electrons. The molecule has 3 fully saturated rings. The molecule has 0 aromatic rings. The van der Waals surface area contributed by atoms with E-state index in [1.807, 2.05) is 25.7 Å². The van der Waals surface area contributed by atoms with Crippen LogP contribution in [0.3, 0.4) is 0 Å². The van der Waals surface area contributed by atoms with Gasteiger partial charge in [0.25, 0.3) is 0 Å². The normalized spacial score (nSPS) is 27.1. The maximum absolute atomic E-state index is 12.1. The highest BCUT2D eigenvalue weighted by molar-refractivity contribution is 5.68. The van der Waals surface area contributed by atoms with Crippen LogP contribution in [0.4, 0.5) is 4.79 Å². The Morgan fingerprint density at radius 1 is 1.10 bits per heavy atom. The molecular weight excluding hydrogens is 252 g/mol. The maximum atomic E-state index is 12.1. The van der Waals surface area contributed by atoms with E-state index in [4.69, 9.17) is 4.74 Å². The van der Waals surface area contributed by atoms with Crippen LogP contribution in [0.2, 0.25) is 0 Å². The van der Waals surface area contributed by atoms with Gasteiger partial charge < -0.3 is 9.64 Å². The standard InChI is InChI=1S/C16H28N2O2/c1-15(2,3)20-14(19)17-11-8-16(9-12-17)7-4-10-18(16)13-5-6-13/h13H,4-12H2,1-3H3. The first-order valence-electron chi connectivity index (χ1n) is 8.14. The van der Waals surface area contributed by atoms with E-state index in [1.165, 1.54) is 32.2 Å². The van der Waals surface area contributed by atoms with Crippen LogP contribution >= 0.6 is 0 Å². The lowest BCUT2D eigenvalue weighted by atomic mass is 9.85.